The summed E-state index contributed by atoms with van der Waals surface area (Å²) in [4.78, 5) is -0.219. The van der Waals surface area contributed by atoms with Crippen LogP contribution in [0.5, 0.6) is 0 Å². The van der Waals surface area contributed by atoms with E-state index in [1.165, 1.54) is 0 Å². The zero-order valence-electron chi connectivity index (χ0n) is 9.78. The number of rotatable bonds is 5. The van der Waals surface area contributed by atoms with Gasteiger partial charge in [0.25, 0.3) is 0 Å². The van der Waals surface area contributed by atoms with Crippen molar-refractivity contribution in [3.8, 4) is 0 Å². The van der Waals surface area contributed by atoms with Crippen LogP contribution in [-0.4, -0.2) is 15.0 Å². The predicted octanol–water partition coefficient (Wildman–Crippen LogP) is 2.31. The highest BCUT2D eigenvalue weighted by atomic mass is 35.5. The van der Waals surface area contributed by atoms with Crippen molar-refractivity contribution in [2.45, 2.75) is 18.2 Å². The highest BCUT2D eigenvalue weighted by Crippen LogP contribution is 2.26. The number of nitrogens with one attached hydrogen (secondary N) is 1. The Labute approximate surface area is 111 Å². The molecular formula is C11H14ClFN2O2S. The van der Waals surface area contributed by atoms with E-state index >= 15 is 0 Å². The highest BCUT2D eigenvalue weighted by molar-refractivity contribution is 7.89. The summed E-state index contributed by atoms with van der Waals surface area (Å²) in [6.45, 7) is 2.08. The van der Waals surface area contributed by atoms with Crippen LogP contribution in [-0.2, 0) is 10.0 Å². The molecule has 0 heterocycles. The van der Waals surface area contributed by atoms with Crippen molar-refractivity contribution in [1.82, 2.24) is 4.72 Å². The first-order valence-electron chi connectivity index (χ1n) is 5.24. The van der Waals surface area contributed by atoms with Crippen LogP contribution in [0.25, 0.3) is 0 Å². The second-order valence-corrected chi connectivity index (χ2v) is 5.70. The molecule has 0 unspecified atom stereocenters. The topological polar surface area (TPSA) is 72.2 Å². The van der Waals surface area contributed by atoms with Gasteiger partial charge in [0.15, 0.2) is 0 Å². The summed E-state index contributed by atoms with van der Waals surface area (Å²) in [7, 11) is -3.77. The van der Waals surface area contributed by atoms with Gasteiger partial charge >= 0.3 is 0 Å². The van der Waals surface area contributed by atoms with Crippen molar-refractivity contribution in [1.29, 1.82) is 0 Å². The maximum Gasteiger partial charge on any atom is 0.242 e. The Morgan fingerprint density at radius 1 is 1.50 bits per heavy atom. The number of hydrogen-bond donors (Lipinski definition) is 2. The van der Waals surface area contributed by atoms with E-state index in [4.69, 9.17) is 17.3 Å². The van der Waals surface area contributed by atoms with Gasteiger partial charge < -0.3 is 5.73 Å². The predicted molar refractivity (Wildman–Crippen MR) is 70.4 cm³/mol. The van der Waals surface area contributed by atoms with Crippen molar-refractivity contribution >= 4 is 27.3 Å². The number of anilines is 1. The molecule has 0 aliphatic rings. The minimum absolute atomic E-state index is 0.194. The lowest BCUT2D eigenvalue weighted by Crippen LogP contribution is -2.25. The highest BCUT2D eigenvalue weighted by Gasteiger charge is 2.19. The van der Waals surface area contributed by atoms with Crippen LogP contribution in [0.15, 0.2) is 29.2 Å². The van der Waals surface area contributed by atoms with Crippen molar-refractivity contribution in [2.75, 3.05) is 12.3 Å². The number of benzene rings is 1. The number of nitrogen functional groups attached to an aromatic ring is 1. The molecule has 0 aliphatic heterocycles. The fraction of sp³-hybridized carbons (Fsp3) is 0.273. The normalized spacial score (nSPS) is 12.2. The molecule has 0 fully saturated rings. The Morgan fingerprint density at radius 3 is 2.78 bits per heavy atom. The molecule has 0 aliphatic carbocycles. The van der Waals surface area contributed by atoms with Gasteiger partial charge in [-0.05, 0) is 25.5 Å². The Bertz CT molecular complexity index is 558. The maximum absolute atomic E-state index is 13.1. The standard InChI is InChI=1S/C11H14ClFN2O2S/c1-2-3-4-5-15-18(16,17)11-7-10(14)9(13)6-8(11)12/h2-3,6-7,15H,4-5,14H2,1H3/b3-2+. The average Bonchev–Trinajstić information content (AvgIpc) is 2.29. The summed E-state index contributed by atoms with van der Waals surface area (Å²) in [5, 5.41) is -0.194. The summed E-state index contributed by atoms with van der Waals surface area (Å²) in [6, 6.07) is 1.90. The van der Waals surface area contributed by atoms with Crippen molar-refractivity contribution < 1.29 is 12.8 Å². The number of sulfonamides is 1. The lowest BCUT2D eigenvalue weighted by molar-refractivity contribution is 0.581. The van der Waals surface area contributed by atoms with Crippen molar-refractivity contribution in [3.63, 3.8) is 0 Å². The summed E-state index contributed by atoms with van der Waals surface area (Å²) in [5.41, 5.74) is 5.07. The molecule has 0 bridgehead atoms. The Morgan fingerprint density at radius 2 is 2.17 bits per heavy atom. The smallest absolute Gasteiger partial charge is 0.242 e. The fourth-order valence-corrected chi connectivity index (χ4v) is 2.87. The molecule has 1 aromatic carbocycles. The zero-order valence-corrected chi connectivity index (χ0v) is 11.4. The first kappa shape index (κ1) is 14.9. The summed E-state index contributed by atoms with van der Waals surface area (Å²) < 4.78 is 39.2. The van der Waals surface area contributed by atoms with E-state index in [9.17, 15) is 12.8 Å². The maximum atomic E-state index is 13.1. The molecule has 0 saturated carbocycles. The van der Waals surface area contributed by atoms with Crippen LogP contribution in [0.4, 0.5) is 10.1 Å². The van der Waals surface area contributed by atoms with Gasteiger partial charge in [-0.25, -0.2) is 17.5 Å². The molecule has 4 nitrogen and oxygen atoms in total. The van der Waals surface area contributed by atoms with E-state index in [2.05, 4.69) is 4.72 Å². The second-order valence-electron chi connectivity index (χ2n) is 3.56. The molecule has 0 saturated heterocycles. The average molecular weight is 293 g/mol. The SMILES string of the molecule is C/C=C/CCNS(=O)(=O)c1cc(N)c(F)cc1Cl. The van der Waals surface area contributed by atoms with E-state index < -0.39 is 15.8 Å². The molecule has 0 atom stereocenters. The van der Waals surface area contributed by atoms with E-state index in [1.807, 2.05) is 19.1 Å². The molecule has 100 valence electrons. The van der Waals surface area contributed by atoms with E-state index in [1.54, 1.807) is 0 Å². The van der Waals surface area contributed by atoms with Gasteiger partial charge in [-0.15, -0.1) is 0 Å². The fourth-order valence-electron chi connectivity index (χ4n) is 1.27. The van der Waals surface area contributed by atoms with E-state index in [0.717, 1.165) is 12.1 Å². The van der Waals surface area contributed by atoms with Crippen LogP contribution < -0.4 is 10.5 Å². The van der Waals surface area contributed by atoms with Crippen LogP contribution in [0.3, 0.4) is 0 Å². The molecule has 1 rings (SSSR count). The summed E-state index contributed by atoms with van der Waals surface area (Å²) in [5.74, 6) is -0.743. The minimum Gasteiger partial charge on any atom is -0.396 e. The van der Waals surface area contributed by atoms with Gasteiger partial charge in [-0.3, -0.25) is 0 Å². The van der Waals surface area contributed by atoms with Gasteiger partial charge in [0.2, 0.25) is 10.0 Å². The van der Waals surface area contributed by atoms with Crippen LogP contribution in [0.2, 0.25) is 5.02 Å². The molecule has 0 amide bonds. The number of nitrogens with two attached hydrogens (primary N) is 1. The second kappa shape index (κ2) is 6.17. The van der Waals surface area contributed by atoms with Crippen LogP contribution in [0, 0.1) is 5.82 Å². The first-order valence-corrected chi connectivity index (χ1v) is 7.10. The largest absolute Gasteiger partial charge is 0.396 e. The van der Waals surface area contributed by atoms with E-state index in [-0.39, 0.29) is 22.2 Å². The number of halogens is 2. The van der Waals surface area contributed by atoms with Crippen LogP contribution >= 0.6 is 11.6 Å². The summed E-state index contributed by atoms with van der Waals surface area (Å²) in [6.07, 6.45) is 4.20. The lowest BCUT2D eigenvalue weighted by atomic mass is 10.3. The first-order chi connectivity index (χ1) is 8.38. The Hall–Kier alpha value is -1.11. The Balaban J connectivity index is 2.95. The molecule has 0 aromatic heterocycles. The van der Waals surface area contributed by atoms with Gasteiger partial charge in [0.05, 0.1) is 10.7 Å². The number of allylic oxidation sites excluding steroid dienone is 1. The molecule has 1 aromatic rings. The Kier molecular flexibility index (Phi) is 5.13. The minimum atomic E-state index is -3.77. The van der Waals surface area contributed by atoms with Crippen molar-refractivity contribution in [2.24, 2.45) is 0 Å². The third-order valence-corrected chi connectivity index (χ3v) is 4.11. The monoisotopic (exact) mass is 292 g/mol. The van der Waals surface area contributed by atoms with E-state index in [0.29, 0.717) is 6.42 Å². The van der Waals surface area contributed by atoms with Gasteiger partial charge in [-0.2, -0.15) is 0 Å². The zero-order chi connectivity index (χ0) is 13.8. The third kappa shape index (κ3) is 3.69. The molecule has 0 radical (unpaired) electrons. The quantitative estimate of drug-likeness (QED) is 0.497. The lowest BCUT2D eigenvalue weighted by Gasteiger charge is -2.08. The van der Waals surface area contributed by atoms with Gasteiger partial charge in [0.1, 0.15) is 10.7 Å². The van der Waals surface area contributed by atoms with Crippen LogP contribution in [0.1, 0.15) is 13.3 Å². The third-order valence-electron chi connectivity index (χ3n) is 2.18. The number of hydrogen-bond acceptors (Lipinski definition) is 3. The molecule has 0 spiro atoms. The summed E-state index contributed by atoms with van der Waals surface area (Å²) >= 11 is 5.70. The van der Waals surface area contributed by atoms with Gasteiger partial charge in [0, 0.05) is 6.54 Å². The van der Waals surface area contributed by atoms with Crippen molar-refractivity contribution in [3.05, 3.63) is 35.1 Å². The molecular weight excluding hydrogens is 279 g/mol. The van der Waals surface area contributed by atoms with Gasteiger partial charge in [-0.1, -0.05) is 23.8 Å². The molecule has 7 heteroatoms. The molecule has 3 N–H and O–H groups in total. The molecule has 18 heavy (non-hydrogen) atoms.